The first-order valence-corrected chi connectivity index (χ1v) is 10.6. The van der Waals surface area contributed by atoms with Crippen molar-refractivity contribution in [2.45, 2.75) is 13.8 Å². The number of nitrogens with zero attached hydrogens (tertiary/aromatic N) is 2. The Morgan fingerprint density at radius 3 is 2.38 bits per heavy atom. The number of hydrogen-bond acceptors (Lipinski definition) is 8. The second kappa shape index (κ2) is 12.0. The number of carbonyl (C=O) groups excluding carboxylic acids is 1. The molecule has 34 heavy (non-hydrogen) atoms. The van der Waals surface area contributed by atoms with E-state index >= 15 is 0 Å². The highest BCUT2D eigenvalue weighted by atomic mass is 16.5. The molecule has 176 valence electrons. The van der Waals surface area contributed by atoms with Gasteiger partial charge in [0, 0.05) is 6.07 Å². The molecule has 3 aromatic rings. The number of ether oxygens (including phenoxy) is 4. The van der Waals surface area contributed by atoms with Crippen LogP contribution in [0.5, 0.6) is 23.0 Å². The van der Waals surface area contributed by atoms with E-state index in [1.165, 1.54) is 6.08 Å². The van der Waals surface area contributed by atoms with Crippen LogP contribution in [0.15, 0.2) is 58.6 Å². The lowest BCUT2D eigenvalue weighted by Crippen LogP contribution is -2.13. The molecule has 0 atom stereocenters. The van der Waals surface area contributed by atoms with Crippen LogP contribution in [0.25, 0.3) is 6.08 Å². The molecule has 1 amide bonds. The van der Waals surface area contributed by atoms with E-state index in [1.807, 2.05) is 37.3 Å². The van der Waals surface area contributed by atoms with Gasteiger partial charge in [-0.3, -0.25) is 4.79 Å². The molecule has 9 heteroatoms. The number of methoxy groups -OCH3 is 1. The SMILES string of the molecule is CCOc1cc(C=C(C#N)C(=O)Nc2cc(C)on2)ccc1OCCOc1ccccc1OC. The van der Waals surface area contributed by atoms with Gasteiger partial charge in [-0.2, -0.15) is 5.26 Å². The van der Waals surface area contributed by atoms with Crippen LogP contribution in [0.2, 0.25) is 0 Å². The van der Waals surface area contributed by atoms with E-state index in [9.17, 15) is 10.1 Å². The zero-order valence-electron chi connectivity index (χ0n) is 19.2. The average molecular weight is 463 g/mol. The number of benzene rings is 2. The normalized spacial score (nSPS) is 10.8. The highest BCUT2D eigenvalue weighted by Crippen LogP contribution is 2.30. The van der Waals surface area contributed by atoms with E-state index in [1.54, 1.807) is 38.3 Å². The monoisotopic (exact) mass is 463 g/mol. The number of amides is 1. The maximum atomic E-state index is 12.4. The zero-order chi connectivity index (χ0) is 24.3. The second-order valence-corrected chi connectivity index (χ2v) is 6.93. The van der Waals surface area contributed by atoms with Gasteiger partial charge in [0.05, 0.1) is 13.7 Å². The average Bonchev–Trinajstić information content (AvgIpc) is 3.25. The number of rotatable bonds is 11. The minimum Gasteiger partial charge on any atom is -0.493 e. The molecule has 0 aliphatic heterocycles. The van der Waals surface area contributed by atoms with Crippen molar-refractivity contribution >= 4 is 17.8 Å². The van der Waals surface area contributed by atoms with Crippen LogP contribution in [0.1, 0.15) is 18.2 Å². The summed E-state index contributed by atoms with van der Waals surface area (Å²) in [5.74, 6) is 2.46. The summed E-state index contributed by atoms with van der Waals surface area (Å²) in [5.41, 5.74) is 0.506. The molecule has 1 aromatic heterocycles. The Hall–Kier alpha value is -4.45. The van der Waals surface area contributed by atoms with Crippen LogP contribution in [0, 0.1) is 18.3 Å². The van der Waals surface area contributed by atoms with Gasteiger partial charge in [0.2, 0.25) is 0 Å². The highest BCUT2D eigenvalue weighted by molar-refractivity contribution is 6.09. The van der Waals surface area contributed by atoms with E-state index in [0.29, 0.717) is 47.5 Å². The summed E-state index contributed by atoms with van der Waals surface area (Å²) in [6, 6.07) is 16.0. The van der Waals surface area contributed by atoms with Crippen LogP contribution < -0.4 is 24.3 Å². The van der Waals surface area contributed by atoms with Crippen molar-refractivity contribution in [1.29, 1.82) is 5.26 Å². The van der Waals surface area contributed by atoms with Gasteiger partial charge < -0.3 is 28.8 Å². The first kappa shape index (κ1) is 24.2. The summed E-state index contributed by atoms with van der Waals surface area (Å²) in [7, 11) is 1.58. The van der Waals surface area contributed by atoms with Crippen molar-refractivity contribution in [1.82, 2.24) is 5.16 Å². The Kier molecular flexibility index (Phi) is 8.52. The third kappa shape index (κ3) is 6.53. The first-order valence-electron chi connectivity index (χ1n) is 10.6. The minimum absolute atomic E-state index is 0.0954. The molecule has 0 unspecified atom stereocenters. The number of carbonyl (C=O) groups is 1. The van der Waals surface area contributed by atoms with Gasteiger partial charge in [0.15, 0.2) is 28.8 Å². The Morgan fingerprint density at radius 1 is 1.06 bits per heavy atom. The fourth-order valence-electron chi connectivity index (χ4n) is 2.97. The Balaban J connectivity index is 1.66. The molecule has 0 bridgehead atoms. The Bertz CT molecular complexity index is 1200. The maximum Gasteiger partial charge on any atom is 0.267 e. The summed E-state index contributed by atoms with van der Waals surface area (Å²) < 4.78 is 27.4. The van der Waals surface area contributed by atoms with Crippen molar-refractivity contribution in [2.24, 2.45) is 0 Å². The standard InChI is InChI=1S/C25H25N3O6/c1-4-31-23-15-18(14-19(16-26)25(29)27-24-13-17(2)34-28-24)9-10-22(23)33-12-11-32-21-8-6-5-7-20(21)30-3/h5-10,13-15H,4,11-12H2,1-3H3,(H,27,28,29). The number of para-hydroxylation sites is 2. The lowest BCUT2D eigenvalue weighted by atomic mass is 10.1. The topological polar surface area (TPSA) is 116 Å². The van der Waals surface area contributed by atoms with Crippen LogP contribution in [-0.4, -0.2) is 38.0 Å². The van der Waals surface area contributed by atoms with Crippen molar-refractivity contribution in [2.75, 3.05) is 32.2 Å². The van der Waals surface area contributed by atoms with Crippen LogP contribution in [0.3, 0.4) is 0 Å². The number of hydrogen-bond donors (Lipinski definition) is 1. The van der Waals surface area contributed by atoms with E-state index in [0.717, 1.165) is 0 Å². The summed E-state index contributed by atoms with van der Waals surface area (Å²) >= 11 is 0. The van der Waals surface area contributed by atoms with E-state index < -0.39 is 5.91 Å². The molecule has 0 radical (unpaired) electrons. The number of aryl methyl sites for hydroxylation is 1. The molecule has 0 aliphatic rings. The predicted molar refractivity (Wildman–Crippen MR) is 125 cm³/mol. The summed E-state index contributed by atoms with van der Waals surface area (Å²) in [6.07, 6.45) is 1.46. The fraction of sp³-hybridized carbons (Fsp3) is 0.240. The molecule has 3 rings (SSSR count). The third-order valence-electron chi connectivity index (χ3n) is 4.48. The van der Waals surface area contributed by atoms with Crippen LogP contribution in [0.4, 0.5) is 5.82 Å². The molecule has 9 nitrogen and oxygen atoms in total. The highest BCUT2D eigenvalue weighted by Gasteiger charge is 2.13. The largest absolute Gasteiger partial charge is 0.493 e. The van der Waals surface area contributed by atoms with Gasteiger partial charge in [-0.05, 0) is 49.8 Å². The van der Waals surface area contributed by atoms with Crippen molar-refractivity contribution in [3.05, 3.63) is 65.4 Å². The molecular formula is C25H25N3O6. The van der Waals surface area contributed by atoms with E-state index in [2.05, 4.69) is 10.5 Å². The number of nitriles is 1. The van der Waals surface area contributed by atoms with Crippen molar-refractivity contribution < 1.29 is 28.3 Å². The quantitative estimate of drug-likeness (QED) is 0.253. The van der Waals surface area contributed by atoms with Gasteiger partial charge in [-0.1, -0.05) is 23.4 Å². The molecule has 0 fully saturated rings. The molecule has 1 N–H and O–H groups in total. The van der Waals surface area contributed by atoms with Crippen molar-refractivity contribution in [3.63, 3.8) is 0 Å². The van der Waals surface area contributed by atoms with Gasteiger partial charge in [-0.25, -0.2) is 0 Å². The lowest BCUT2D eigenvalue weighted by molar-refractivity contribution is -0.112. The van der Waals surface area contributed by atoms with Crippen LogP contribution in [-0.2, 0) is 4.79 Å². The molecule has 0 spiro atoms. The summed E-state index contributed by atoms with van der Waals surface area (Å²) in [5, 5.41) is 15.7. The molecular weight excluding hydrogens is 438 g/mol. The lowest BCUT2D eigenvalue weighted by Gasteiger charge is -2.14. The fourth-order valence-corrected chi connectivity index (χ4v) is 2.97. The molecule has 0 aliphatic carbocycles. The Morgan fingerprint density at radius 2 is 1.76 bits per heavy atom. The second-order valence-electron chi connectivity index (χ2n) is 6.93. The predicted octanol–water partition coefficient (Wildman–Crippen LogP) is 4.39. The third-order valence-corrected chi connectivity index (χ3v) is 4.48. The number of aromatic nitrogens is 1. The first-order chi connectivity index (χ1) is 16.5. The smallest absolute Gasteiger partial charge is 0.267 e. The van der Waals surface area contributed by atoms with E-state index in [4.69, 9.17) is 23.5 Å². The van der Waals surface area contributed by atoms with Gasteiger partial charge in [0.25, 0.3) is 5.91 Å². The molecule has 2 aromatic carbocycles. The molecule has 1 heterocycles. The summed E-state index contributed by atoms with van der Waals surface area (Å²) in [6.45, 7) is 4.54. The van der Waals surface area contributed by atoms with Gasteiger partial charge >= 0.3 is 0 Å². The Labute approximate surface area is 197 Å². The summed E-state index contributed by atoms with van der Waals surface area (Å²) in [4.78, 5) is 12.4. The molecule has 0 saturated carbocycles. The minimum atomic E-state index is -0.595. The van der Waals surface area contributed by atoms with Crippen molar-refractivity contribution in [3.8, 4) is 29.1 Å². The number of anilines is 1. The zero-order valence-corrected chi connectivity index (χ0v) is 19.2. The van der Waals surface area contributed by atoms with Gasteiger partial charge in [0.1, 0.15) is 30.6 Å². The maximum absolute atomic E-state index is 12.4. The van der Waals surface area contributed by atoms with Gasteiger partial charge in [-0.15, -0.1) is 0 Å². The molecule has 0 saturated heterocycles. The van der Waals surface area contributed by atoms with Crippen LogP contribution >= 0.6 is 0 Å². The van der Waals surface area contributed by atoms with E-state index in [-0.39, 0.29) is 18.0 Å². The number of nitrogens with one attached hydrogen (secondary N) is 1.